The van der Waals surface area contributed by atoms with Gasteiger partial charge >= 0.3 is 6.09 Å². The van der Waals surface area contributed by atoms with E-state index in [1.807, 2.05) is 20.8 Å². The summed E-state index contributed by atoms with van der Waals surface area (Å²) in [6, 6.07) is 7.52. The van der Waals surface area contributed by atoms with Crippen LogP contribution in [-0.2, 0) is 38.4 Å². The number of aryl methyl sites for hydroxylation is 1. The predicted molar refractivity (Wildman–Crippen MR) is 180 cm³/mol. The van der Waals surface area contributed by atoms with Gasteiger partial charge in [-0.25, -0.2) is 9.18 Å². The van der Waals surface area contributed by atoms with E-state index >= 15 is 0 Å². The van der Waals surface area contributed by atoms with E-state index in [1.165, 1.54) is 6.07 Å². The number of aromatic amines is 1. The summed E-state index contributed by atoms with van der Waals surface area (Å²) < 4.78 is 19.3. The van der Waals surface area contributed by atoms with E-state index in [9.17, 15) is 23.6 Å². The highest BCUT2D eigenvalue weighted by molar-refractivity contribution is 6.38. The van der Waals surface area contributed by atoms with Crippen molar-refractivity contribution < 1.29 is 28.3 Å². The number of fused-ring (bicyclic) bond motifs is 3. The van der Waals surface area contributed by atoms with E-state index in [0.717, 1.165) is 11.3 Å². The Bertz CT molecular complexity index is 1650. The SMILES string of the molecule is CCC(C)[C@H](NC(=O)[C@@]1(NC(=O)[C@@H](NC(=O)OCCc2ccccc2F)C(C)CC)CCc2[nH]c3c(Cl)cc(Cl)cc3c2C1)C(N)=O. The number of carbonyl (C=O) groups excluding carboxylic acids is 4. The number of benzene rings is 2. The molecule has 3 aromatic rings. The van der Waals surface area contributed by atoms with Crippen molar-refractivity contribution in [3.63, 3.8) is 0 Å². The Kier molecular flexibility index (Phi) is 11.8. The molecule has 2 unspecified atom stereocenters. The molecule has 0 fully saturated rings. The molecule has 2 aromatic carbocycles. The quantitative estimate of drug-likeness (QED) is 0.163. The molecule has 10 nitrogen and oxygen atoms in total. The van der Waals surface area contributed by atoms with Crippen LogP contribution in [0.25, 0.3) is 10.9 Å². The molecule has 47 heavy (non-hydrogen) atoms. The van der Waals surface area contributed by atoms with Crippen LogP contribution in [0, 0.1) is 17.7 Å². The van der Waals surface area contributed by atoms with Gasteiger partial charge in [0.05, 0.1) is 17.1 Å². The number of ether oxygens (including phenoxy) is 1. The molecule has 1 aromatic heterocycles. The van der Waals surface area contributed by atoms with Crippen LogP contribution in [0.2, 0.25) is 10.0 Å². The van der Waals surface area contributed by atoms with Crippen LogP contribution in [0.4, 0.5) is 9.18 Å². The lowest BCUT2D eigenvalue weighted by Gasteiger charge is -2.39. The first-order chi connectivity index (χ1) is 22.3. The number of hydrogen-bond acceptors (Lipinski definition) is 5. The maximum Gasteiger partial charge on any atom is 0.407 e. The van der Waals surface area contributed by atoms with Crippen molar-refractivity contribution in [2.24, 2.45) is 17.6 Å². The summed E-state index contributed by atoms with van der Waals surface area (Å²) in [6.07, 6.45) is 1.02. The van der Waals surface area contributed by atoms with Crippen molar-refractivity contribution in [1.29, 1.82) is 0 Å². The second-order valence-electron chi connectivity index (χ2n) is 12.4. The van der Waals surface area contributed by atoms with Crippen LogP contribution in [0.15, 0.2) is 36.4 Å². The van der Waals surface area contributed by atoms with Gasteiger partial charge in [-0.2, -0.15) is 0 Å². The van der Waals surface area contributed by atoms with Gasteiger partial charge in [0.1, 0.15) is 23.4 Å². The zero-order valence-corrected chi connectivity index (χ0v) is 28.5. The Morgan fingerprint density at radius 1 is 1.04 bits per heavy atom. The van der Waals surface area contributed by atoms with Crippen molar-refractivity contribution in [2.75, 3.05) is 6.61 Å². The molecule has 5 atom stereocenters. The maximum atomic E-state index is 14.2. The van der Waals surface area contributed by atoms with Gasteiger partial charge in [-0.1, -0.05) is 81.9 Å². The number of amides is 4. The molecule has 13 heteroatoms. The van der Waals surface area contributed by atoms with Crippen molar-refractivity contribution >= 4 is 57.9 Å². The van der Waals surface area contributed by atoms with E-state index in [-0.39, 0.29) is 37.7 Å². The average molecular weight is 691 g/mol. The van der Waals surface area contributed by atoms with E-state index in [4.69, 9.17) is 33.7 Å². The molecule has 0 bridgehead atoms. The second-order valence-corrected chi connectivity index (χ2v) is 13.2. The standard InChI is InChI=1S/C34H42Cl2FN5O5/c1-5-18(3)27(30(38)43)40-32(45)34(13-11-26-23(17-34)22-15-21(35)16-24(36)29(22)39-26)42-31(44)28(19(4)6-2)41-33(46)47-14-12-20-9-7-8-10-25(20)37/h7-10,15-16,18-19,27-28,39H,5-6,11-14,17H2,1-4H3,(H2,38,43)(H,40,45)(H,41,46)(H,42,44)/t18?,19?,27-,28-,34+/m0/s1. The molecule has 1 heterocycles. The smallest absolute Gasteiger partial charge is 0.407 e. The number of carbonyl (C=O) groups is 4. The molecule has 0 saturated heterocycles. The summed E-state index contributed by atoms with van der Waals surface area (Å²) in [5.41, 5.74) is 6.84. The number of H-pyrrole nitrogens is 1. The first-order valence-electron chi connectivity index (χ1n) is 15.9. The third-order valence-corrected chi connectivity index (χ3v) is 9.75. The summed E-state index contributed by atoms with van der Waals surface area (Å²) in [5, 5.41) is 9.97. The third kappa shape index (κ3) is 8.19. The Balaban J connectivity index is 1.62. The van der Waals surface area contributed by atoms with Crippen LogP contribution >= 0.6 is 23.2 Å². The first kappa shape index (κ1) is 36.0. The van der Waals surface area contributed by atoms with Gasteiger partial charge in [-0.15, -0.1) is 0 Å². The minimum absolute atomic E-state index is 0.0584. The molecule has 4 amide bonds. The van der Waals surface area contributed by atoms with Gasteiger partial charge < -0.3 is 31.4 Å². The average Bonchev–Trinajstić information content (AvgIpc) is 3.40. The molecule has 1 aliphatic carbocycles. The van der Waals surface area contributed by atoms with E-state index < -0.39 is 47.3 Å². The molecule has 1 aliphatic rings. The summed E-state index contributed by atoms with van der Waals surface area (Å²) in [7, 11) is 0. The first-order valence-corrected chi connectivity index (χ1v) is 16.6. The zero-order valence-electron chi connectivity index (χ0n) is 27.0. The van der Waals surface area contributed by atoms with Crippen molar-refractivity contribution in [2.45, 2.75) is 83.8 Å². The number of nitrogens with two attached hydrogens (primary N) is 1. The summed E-state index contributed by atoms with van der Waals surface area (Å²) >= 11 is 12.8. The van der Waals surface area contributed by atoms with Gasteiger partial charge in [0.15, 0.2) is 0 Å². The van der Waals surface area contributed by atoms with Crippen molar-refractivity contribution in [1.82, 2.24) is 20.9 Å². The molecule has 254 valence electrons. The lowest BCUT2D eigenvalue weighted by Crippen LogP contribution is -2.67. The van der Waals surface area contributed by atoms with E-state index in [0.29, 0.717) is 45.8 Å². The van der Waals surface area contributed by atoms with Crippen molar-refractivity contribution in [3.05, 3.63) is 69.1 Å². The lowest BCUT2D eigenvalue weighted by atomic mass is 9.78. The Morgan fingerprint density at radius 3 is 2.38 bits per heavy atom. The minimum atomic E-state index is -1.52. The van der Waals surface area contributed by atoms with Gasteiger partial charge in [0, 0.05) is 28.9 Å². The number of nitrogens with one attached hydrogen (secondary N) is 4. The molecule has 0 spiro atoms. The number of primary amides is 1. The second kappa shape index (κ2) is 15.4. The molecule has 0 aliphatic heterocycles. The highest BCUT2D eigenvalue weighted by Crippen LogP contribution is 2.38. The Hall–Kier alpha value is -3.83. The van der Waals surface area contributed by atoms with Gasteiger partial charge in [-0.3, -0.25) is 14.4 Å². The third-order valence-electron chi connectivity index (χ3n) is 9.24. The number of aromatic nitrogens is 1. The summed E-state index contributed by atoms with van der Waals surface area (Å²) in [4.78, 5) is 56.9. The largest absolute Gasteiger partial charge is 0.449 e. The summed E-state index contributed by atoms with van der Waals surface area (Å²) in [6.45, 7) is 7.26. The van der Waals surface area contributed by atoms with Crippen LogP contribution in [0.3, 0.4) is 0 Å². The number of alkyl carbamates (subject to hydrolysis) is 1. The molecular formula is C34H42Cl2FN5O5. The van der Waals surface area contributed by atoms with Gasteiger partial charge in [-0.05, 0) is 54.0 Å². The van der Waals surface area contributed by atoms with Gasteiger partial charge in [0.25, 0.3) is 0 Å². The van der Waals surface area contributed by atoms with Crippen LogP contribution in [-0.4, -0.2) is 53.0 Å². The monoisotopic (exact) mass is 689 g/mol. The molecule has 0 radical (unpaired) electrons. The number of rotatable bonds is 13. The zero-order chi connectivity index (χ0) is 34.5. The predicted octanol–water partition coefficient (Wildman–Crippen LogP) is 5.36. The molecule has 4 rings (SSSR count). The van der Waals surface area contributed by atoms with Crippen LogP contribution < -0.4 is 21.7 Å². The van der Waals surface area contributed by atoms with Crippen molar-refractivity contribution in [3.8, 4) is 0 Å². The fourth-order valence-corrected chi connectivity index (χ4v) is 6.52. The van der Waals surface area contributed by atoms with Crippen LogP contribution in [0.1, 0.15) is 63.8 Å². The summed E-state index contributed by atoms with van der Waals surface area (Å²) in [5.74, 6) is -2.87. The fourth-order valence-electron chi connectivity index (χ4n) is 5.98. The van der Waals surface area contributed by atoms with E-state index in [2.05, 4.69) is 20.9 Å². The maximum absolute atomic E-state index is 14.2. The Labute approximate surface area is 283 Å². The normalized spacial score (nSPS) is 18.4. The van der Waals surface area contributed by atoms with Crippen LogP contribution in [0.5, 0.6) is 0 Å². The topological polar surface area (TPSA) is 155 Å². The lowest BCUT2D eigenvalue weighted by molar-refractivity contribution is -0.137. The fraction of sp³-hybridized carbons (Fsp3) is 0.471. The van der Waals surface area contributed by atoms with E-state index in [1.54, 1.807) is 37.3 Å². The molecule has 0 saturated carbocycles. The number of halogens is 3. The molecular weight excluding hydrogens is 648 g/mol. The minimum Gasteiger partial charge on any atom is -0.449 e. The molecule has 6 N–H and O–H groups in total. The highest BCUT2D eigenvalue weighted by Gasteiger charge is 2.46. The Morgan fingerprint density at radius 2 is 1.72 bits per heavy atom. The number of hydrogen-bond donors (Lipinski definition) is 5. The highest BCUT2D eigenvalue weighted by atomic mass is 35.5. The van der Waals surface area contributed by atoms with Gasteiger partial charge in [0.2, 0.25) is 17.7 Å².